The molecule has 2 aromatic rings. The lowest BCUT2D eigenvalue weighted by atomic mass is 10.3. The summed E-state index contributed by atoms with van der Waals surface area (Å²) in [6, 6.07) is 8.04. The van der Waals surface area contributed by atoms with Gasteiger partial charge in [-0.1, -0.05) is 30.4 Å². The molecule has 0 unspecified atom stereocenters. The van der Waals surface area contributed by atoms with Gasteiger partial charge < -0.3 is 27.2 Å². The van der Waals surface area contributed by atoms with E-state index in [4.69, 9.17) is 4.74 Å². The Morgan fingerprint density at radius 1 is 1.39 bits per heavy atom. The zero-order valence-corrected chi connectivity index (χ0v) is 12.5. The van der Waals surface area contributed by atoms with Gasteiger partial charge >= 0.3 is 5.97 Å². The van der Waals surface area contributed by atoms with Crippen LogP contribution in [0.25, 0.3) is 10.2 Å². The number of esters is 1. The fourth-order valence-corrected chi connectivity index (χ4v) is 2.39. The predicted octanol–water partition coefficient (Wildman–Crippen LogP) is -1.68. The van der Waals surface area contributed by atoms with E-state index in [9.17, 15) is 4.79 Å². The van der Waals surface area contributed by atoms with Crippen molar-refractivity contribution in [2.24, 2.45) is 0 Å². The van der Waals surface area contributed by atoms with Crippen molar-refractivity contribution in [1.29, 1.82) is 0 Å². The Labute approximate surface area is 120 Å². The topological polar surface area (TPSA) is 61.7 Å². The van der Waals surface area contributed by atoms with Gasteiger partial charge in [0.15, 0.2) is 0 Å². The van der Waals surface area contributed by atoms with Crippen LogP contribution in [-0.2, 0) is 16.1 Å². The van der Waals surface area contributed by atoms with E-state index in [1.807, 2.05) is 41.3 Å². The molecule has 2 rings (SSSR count). The molecule has 1 heterocycles. The molecule has 0 fully saturated rings. The fraction of sp³-hybridized carbons (Fsp3) is 0.333. The summed E-state index contributed by atoms with van der Waals surface area (Å²) in [5, 5.41) is 0. The van der Waals surface area contributed by atoms with Crippen molar-refractivity contribution in [3.8, 4) is 0 Å². The molecular formula is C12H16BrNO3S. The summed E-state index contributed by atoms with van der Waals surface area (Å²) in [5.74, 6) is -0.171. The van der Waals surface area contributed by atoms with E-state index in [1.54, 1.807) is 11.3 Å². The van der Waals surface area contributed by atoms with Crippen LogP contribution in [0.5, 0.6) is 0 Å². The highest BCUT2D eigenvalue weighted by atomic mass is 79.9. The van der Waals surface area contributed by atoms with Gasteiger partial charge in [-0.15, -0.1) is 0 Å². The average molecular weight is 334 g/mol. The van der Waals surface area contributed by atoms with Gasteiger partial charge in [-0.25, -0.2) is 4.79 Å². The van der Waals surface area contributed by atoms with Crippen molar-refractivity contribution in [3.63, 3.8) is 0 Å². The Balaban J connectivity index is 0.00000144. The number of para-hydroxylation sites is 1. The summed E-state index contributed by atoms with van der Waals surface area (Å²) in [6.45, 7) is 2.78. The van der Waals surface area contributed by atoms with Crippen LogP contribution in [0.2, 0.25) is 0 Å². The first-order valence-corrected chi connectivity index (χ1v) is 6.20. The molecule has 0 saturated heterocycles. The number of thiazole rings is 1. The fourth-order valence-electron chi connectivity index (χ4n) is 1.49. The van der Waals surface area contributed by atoms with Crippen LogP contribution >= 0.6 is 11.3 Å². The number of benzene rings is 1. The minimum atomic E-state index is -0.171. The van der Waals surface area contributed by atoms with Gasteiger partial charge in [0.2, 0.25) is 17.6 Å². The maximum Gasteiger partial charge on any atom is 0.372 e. The van der Waals surface area contributed by atoms with Crippen molar-refractivity contribution in [2.45, 2.75) is 19.9 Å². The largest absolute Gasteiger partial charge is 1.00 e. The van der Waals surface area contributed by atoms with Crippen LogP contribution in [0.15, 0.2) is 29.8 Å². The van der Waals surface area contributed by atoms with Crippen LogP contribution < -0.4 is 21.5 Å². The van der Waals surface area contributed by atoms with Gasteiger partial charge in [0.05, 0.1) is 6.61 Å². The zero-order valence-electron chi connectivity index (χ0n) is 10.1. The minimum absolute atomic E-state index is 0. The number of aromatic nitrogens is 1. The molecular weight excluding hydrogens is 318 g/mol. The van der Waals surface area contributed by atoms with Crippen molar-refractivity contribution >= 4 is 27.5 Å². The third kappa shape index (κ3) is 4.04. The minimum Gasteiger partial charge on any atom is -1.00 e. The number of carbonyl (C=O) groups is 1. The molecule has 6 heteroatoms. The number of nitrogens with zero attached hydrogens (tertiary/aromatic N) is 1. The van der Waals surface area contributed by atoms with E-state index in [1.165, 1.54) is 4.70 Å². The van der Waals surface area contributed by atoms with E-state index in [2.05, 4.69) is 0 Å². The molecule has 18 heavy (non-hydrogen) atoms. The van der Waals surface area contributed by atoms with Gasteiger partial charge in [-0.3, -0.25) is 0 Å². The maximum absolute atomic E-state index is 11.5. The second-order valence-electron chi connectivity index (χ2n) is 3.54. The lowest BCUT2D eigenvalue weighted by Crippen LogP contribution is -3.00. The molecule has 4 nitrogen and oxygen atoms in total. The average Bonchev–Trinajstić information content (AvgIpc) is 2.70. The van der Waals surface area contributed by atoms with Crippen LogP contribution in [0, 0.1) is 0 Å². The molecule has 0 amide bonds. The first-order valence-electron chi connectivity index (χ1n) is 5.32. The van der Waals surface area contributed by atoms with E-state index < -0.39 is 0 Å². The zero-order chi connectivity index (χ0) is 11.4. The van der Waals surface area contributed by atoms with E-state index in [0.29, 0.717) is 13.2 Å². The van der Waals surface area contributed by atoms with Gasteiger partial charge in [-0.2, -0.15) is 4.57 Å². The molecule has 0 aliphatic rings. The summed E-state index contributed by atoms with van der Waals surface area (Å²) < 4.78 is 8.17. The number of halogens is 1. The highest BCUT2D eigenvalue weighted by Crippen LogP contribution is 2.14. The summed E-state index contributed by atoms with van der Waals surface area (Å²) in [5.41, 5.74) is 3.04. The van der Waals surface area contributed by atoms with Gasteiger partial charge in [0.1, 0.15) is 4.70 Å². The standard InChI is InChI=1S/C12H14NO2S.BrH.H2O/c1-2-7-15-12(14)8-13-9-16-11-6-4-3-5-10(11)13;;/h3-6,9H,2,7-8H2,1H3;1H;1H2/q+1;;/p-1. The smallest absolute Gasteiger partial charge is 0.372 e. The van der Waals surface area contributed by atoms with Crippen LogP contribution in [0.3, 0.4) is 0 Å². The molecule has 1 aromatic heterocycles. The Kier molecular flexibility index (Phi) is 7.73. The van der Waals surface area contributed by atoms with Gasteiger partial charge in [0.25, 0.3) is 0 Å². The molecule has 100 valence electrons. The highest BCUT2D eigenvalue weighted by Gasteiger charge is 2.15. The first-order chi connectivity index (χ1) is 7.81. The number of fused-ring (bicyclic) bond motifs is 1. The molecule has 1 aromatic carbocycles. The summed E-state index contributed by atoms with van der Waals surface area (Å²) in [4.78, 5) is 11.5. The van der Waals surface area contributed by atoms with Crippen molar-refractivity contribution in [1.82, 2.24) is 0 Å². The number of hydrogen-bond donors (Lipinski definition) is 0. The molecule has 0 aliphatic carbocycles. The van der Waals surface area contributed by atoms with E-state index in [0.717, 1.165) is 11.9 Å². The third-order valence-corrected chi connectivity index (χ3v) is 3.21. The van der Waals surface area contributed by atoms with Crippen molar-refractivity contribution in [2.75, 3.05) is 6.61 Å². The van der Waals surface area contributed by atoms with E-state index in [-0.39, 0.29) is 28.4 Å². The Morgan fingerprint density at radius 2 is 2.11 bits per heavy atom. The molecule has 0 bridgehead atoms. The molecule has 0 radical (unpaired) electrons. The molecule has 0 spiro atoms. The van der Waals surface area contributed by atoms with Crippen molar-refractivity contribution in [3.05, 3.63) is 29.8 Å². The predicted molar refractivity (Wildman–Crippen MR) is 66.9 cm³/mol. The summed E-state index contributed by atoms with van der Waals surface area (Å²) in [7, 11) is 0. The summed E-state index contributed by atoms with van der Waals surface area (Å²) in [6.07, 6.45) is 0.862. The second kappa shape index (κ2) is 8.18. The highest BCUT2D eigenvalue weighted by molar-refractivity contribution is 7.16. The van der Waals surface area contributed by atoms with Crippen LogP contribution in [0.4, 0.5) is 0 Å². The SMILES string of the molecule is CCCOC(=O)C[n+]1csc2ccccc21.O.[Br-]. The second-order valence-corrected chi connectivity index (χ2v) is 4.43. The van der Waals surface area contributed by atoms with Crippen LogP contribution in [-0.4, -0.2) is 18.1 Å². The lowest BCUT2D eigenvalue weighted by Gasteiger charge is -1.98. The lowest BCUT2D eigenvalue weighted by molar-refractivity contribution is -0.655. The normalized spacial score (nSPS) is 9.39. The van der Waals surface area contributed by atoms with Gasteiger partial charge in [-0.05, 0) is 12.5 Å². The number of rotatable bonds is 4. The Hall–Kier alpha value is -0.980. The van der Waals surface area contributed by atoms with Crippen molar-refractivity contribution < 1.29 is 36.6 Å². The Morgan fingerprint density at radius 3 is 2.83 bits per heavy atom. The third-order valence-electron chi connectivity index (χ3n) is 2.25. The number of hydrogen-bond acceptors (Lipinski definition) is 3. The molecule has 0 saturated carbocycles. The molecule has 0 atom stereocenters. The monoisotopic (exact) mass is 333 g/mol. The van der Waals surface area contributed by atoms with Gasteiger partial charge in [0, 0.05) is 6.07 Å². The van der Waals surface area contributed by atoms with Crippen LogP contribution in [0.1, 0.15) is 13.3 Å². The summed E-state index contributed by atoms with van der Waals surface area (Å²) >= 11 is 1.63. The quantitative estimate of drug-likeness (QED) is 0.495. The first kappa shape index (κ1) is 17.0. The number of ether oxygens (including phenoxy) is 1. The van der Waals surface area contributed by atoms with E-state index >= 15 is 0 Å². The number of carbonyl (C=O) groups excluding carboxylic acids is 1. The molecule has 0 aliphatic heterocycles. The maximum atomic E-state index is 11.5. The molecule has 2 N–H and O–H groups in total. The Bertz CT molecular complexity index is 501.